The van der Waals surface area contributed by atoms with Crippen molar-refractivity contribution in [1.82, 2.24) is 0 Å². The molecule has 3 aromatic rings. The second-order valence-corrected chi connectivity index (χ2v) is 12.2. The lowest BCUT2D eigenvalue weighted by molar-refractivity contribution is -0.139. The smallest absolute Gasteiger partial charge is 0.378 e. The molecule has 0 aliphatic carbocycles. The summed E-state index contributed by atoms with van der Waals surface area (Å²) < 4.78 is 68.9. The van der Waals surface area contributed by atoms with Crippen LogP contribution in [0.25, 0.3) is 0 Å². The lowest BCUT2D eigenvalue weighted by atomic mass is 10.1. The molecule has 0 fully saturated rings. The summed E-state index contributed by atoms with van der Waals surface area (Å²) in [6, 6.07) is 27.1. The molecule has 1 unspecified atom stereocenters. The van der Waals surface area contributed by atoms with Crippen molar-refractivity contribution in [1.29, 1.82) is 0 Å². The number of ether oxygens (including phenoxy) is 2. The van der Waals surface area contributed by atoms with Crippen molar-refractivity contribution in [2.24, 2.45) is 0 Å². The number of rotatable bonds is 13. The van der Waals surface area contributed by atoms with Crippen molar-refractivity contribution in [3.63, 3.8) is 0 Å². The highest BCUT2D eigenvalue weighted by molar-refractivity contribution is 8.34. The monoisotopic (exact) mass is 547 g/mol. The summed E-state index contributed by atoms with van der Waals surface area (Å²) in [6.45, 7) is 4.93. The van der Waals surface area contributed by atoms with Crippen LogP contribution in [0.15, 0.2) is 118 Å². The van der Waals surface area contributed by atoms with Gasteiger partial charge in [0.15, 0.2) is 0 Å². The number of hydrogen-bond acceptors (Lipinski definition) is 3. The quantitative estimate of drug-likeness (QED) is 0.0930. The Morgan fingerprint density at radius 3 is 1.61 bits per heavy atom. The maximum Gasteiger partial charge on any atom is 0.378 e. The minimum atomic E-state index is -4.43. The molecular formula is C30H31F4O3S. The van der Waals surface area contributed by atoms with Crippen LogP contribution in [0.1, 0.15) is 26.2 Å². The van der Waals surface area contributed by atoms with Crippen LogP contribution >= 0.6 is 10.0 Å². The third kappa shape index (κ3) is 5.97. The second-order valence-electron chi connectivity index (χ2n) is 8.83. The van der Waals surface area contributed by atoms with E-state index in [1.807, 2.05) is 36.4 Å². The van der Waals surface area contributed by atoms with Crippen molar-refractivity contribution < 1.29 is 31.8 Å². The molecule has 0 aliphatic heterocycles. The summed E-state index contributed by atoms with van der Waals surface area (Å²) in [5.74, 6) is -5.05. The molecule has 1 radical (unpaired) electrons. The average molecular weight is 548 g/mol. The molecule has 0 aromatic heterocycles. The highest BCUT2D eigenvalue weighted by Gasteiger charge is 2.58. The zero-order valence-electron chi connectivity index (χ0n) is 21.3. The molecular weight excluding hydrogens is 516 g/mol. The summed E-state index contributed by atoms with van der Waals surface area (Å²) in [5, 5.41) is 0. The van der Waals surface area contributed by atoms with Crippen LogP contribution in [0, 0.1) is 6.43 Å². The van der Waals surface area contributed by atoms with Gasteiger partial charge in [-0.2, -0.15) is 17.6 Å². The largest absolute Gasteiger partial charge is 0.462 e. The Morgan fingerprint density at radius 1 is 0.842 bits per heavy atom. The summed E-state index contributed by atoms with van der Waals surface area (Å²) >= 11 is 0. The first-order valence-electron chi connectivity index (χ1n) is 12.0. The summed E-state index contributed by atoms with van der Waals surface area (Å²) in [6.07, 6.45) is -4.25. The van der Waals surface area contributed by atoms with E-state index >= 15 is 8.78 Å². The molecule has 3 aromatic carbocycles. The molecule has 203 valence electrons. The Morgan fingerprint density at radius 2 is 1.26 bits per heavy atom. The SMILES string of the molecule is C=C(C)C(=O)OCCCC(CC(F)(F)[C](F)F)(OC)S(c1ccccc1)(c1ccccc1)c1ccccc1. The van der Waals surface area contributed by atoms with E-state index in [0.717, 1.165) is 0 Å². The van der Waals surface area contributed by atoms with Crippen molar-refractivity contribution in [3.05, 3.63) is 110 Å². The molecule has 0 spiro atoms. The van der Waals surface area contributed by atoms with E-state index in [1.54, 1.807) is 54.6 Å². The lowest BCUT2D eigenvalue weighted by Crippen LogP contribution is -2.44. The molecule has 0 N–H and O–H groups in total. The summed E-state index contributed by atoms with van der Waals surface area (Å²) in [5.41, 5.74) is 0.196. The van der Waals surface area contributed by atoms with Gasteiger partial charge in [0.1, 0.15) is 4.93 Å². The van der Waals surface area contributed by atoms with Gasteiger partial charge in [-0.05, 0) is 56.2 Å². The maximum absolute atomic E-state index is 15.1. The number of carbonyl (C=O) groups is 1. The molecule has 0 amide bonds. The van der Waals surface area contributed by atoms with Gasteiger partial charge in [0.25, 0.3) is 0 Å². The van der Waals surface area contributed by atoms with Gasteiger partial charge in [-0.3, -0.25) is 0 Å². The van der Waals surface area contributed by atoms with Gasteiger partial charge in [0, 0.05) is 27.4 Å². The summed E-state index contributed by atoms with van der Waals surface area (Å²) in [7, 11) is -1.50. The average Bonchev–Trinajstić information content (AvgIpc) is 2.92. The van der Waals surface area contributed by atoms with Gasteiger partial charge >= 0.3 is 18.3 Å². The number of hydrogen-bond donors (Lipinski definition) is 0. The van der Waals surface area contributed by atoms with Crippen LogP contribution < -0.4 is 0 Å². The van der Waals surface area contributed by atoms with Crippen molar-refractivity contribution in [3.8, 4) is 0 Å². The third-order valence-electron chi connectivity index (χ3n) is 6.27. The number of alkyl halides is 2. The fourth-order valence-corrected chi connectivity index (χ4v) is 9.51. The predicted octanol–water partition coefficient (Wildman–Crippen LogP) is 8.66. The van der Waals surface area contributed by atoms with Gasteiger partial charge in [0.05, 0.1) is 13.0 Å². The van der Waals surface area contributed by atoms with Gasteiger partial charge < -0.3 is 9.47 Å². The molecule has 0 aliphatic rings. The Hall–Kier alpha value is -3.10. The lowest BCUT2D eigenvalue weighted by Gasteiger charge is -2.56. The van der Waals surface area contributed by atoms with Crippen LogP contribution in [-0.4, -0.2) is 30.5 Å². The number of benzene rings is 3. The van der Waals surface area contributed by atoms with Crippen LogP contribution in [0.2, 0.25) is 0 Å². The molecule has 3 rings (SSSR count). The number of methoxy groups -OCH3 is 1. The highest BCUT2D eigenvalue weighted by Crippen LogP contribution is 2.78. The van der Waals surface area contributed by atoms with E-state index in [0.29, 0.717) is 14.7 Å². The standard InChI is InChI=1S/C30H31F4O3S/c1-23(2)27(35)37-21-13-20-29(36-3,22-30(33,34)28(31)32)38(24-14-7-4-8-15-24,25-16-9-5-10-17-25)26-18-11-6-12-19-26/h4-12,14-19H,1,13,20-22H2,2-3H3. The first kappa shape index (κ1) is 29.5. The Bertz CT molecular complexity index is 1090. The molecule has 0 heterocycles. The van der Waals surface area contributed by atoms with Crippen LogP contribution in [0.5, 0.6) is 0 Å². The Labute approximate surface area is 222 Å². The maximum atomic E-state index is 15.1. The highest BCUT2D eigenvalue weighted by atomic mass is 32.3. The Kier molecular flexibility index (Phi) is 9.79. The molecule has 8 heteroatoms. The van der Waals surface area contributed by atoms with Gasteiger partial charge in [-0.15, -0.1) is 10.0 Å². The van der Waals surface area contributed by atoms with E-state index in [4.69, 9.17) is 9.47 Å². The van der Waals surface area contributed by atoms with Crippen molar-refractivity contribution >= 4 is 16.0 Å². The van der Waals surface area contributed by atoms with Gasteiger partial charge in [-0.25, -0.2) is 4.79 Å². The van der Waals surface area contributed by atoms with Gasteiger partial charge in [-0.1, -0.05) is 61.2 Å². The fraction of sp³-hybridized carbons (Fsp3) is 0.267. The van der Waals surface area contributed by atoms with Crippen LogP contribution in [0.3, 0.4) is 0 Å². The number of halogens is 4. The van der Waals surface area contributed by atoms with Gasteiger partial charge in [0.2, 0.25) is 0 Å². The molecule has 0 saturated heterocycles. The molecule has 1 atom stereocenters. The zero-order chi connectivity index (χ0) is 27.8. The number of carbonyl (C=O) groups excluding carboxylic acids is 1. The minimum Gasteiger partial charge on any atom is -0.462 e. The summed E-state index contributed by atoms with van der Waals surface area (Å²) in [4.78, 5) is 12.1. The van der Waals surface area contributed by atoms with E-state index in [2.05, 4.69) is 6.58 Å². The zero-order valence-corrected chi connectivity index (χ0v) is 22.2. The normalized spacial score (nSPS) is 14.1. The van der Waals surface area contributed by atoms with E-state index in [1.165, 1.54) is 14.0 Å². The molecule has 3 nitrogen and oxygen atoms in total. The Balaban J connectivity index is 2.33. The fourth-order valence-electron chi connectivity index (χ4n) is 4.61. The van der Waals surface area contributed by atoms with Crippen molar-refractivity contribution in [2.75, 3.05) is 13.7 Å². The first-order chi connectivity index (χ1) is 18.1. The molecule has 0 saturated carbocycles. The van der Waals surface area contributed by atoms with E-state index in [9.17, 15) is 13.6 Å². The van der Waals surface area contributed by atoms with E-state index < -0.39 is 39.7 Å². The number of esters is 1. The van der Waals surface area contributed by atoms with Crippen LogP contribution in [-0.2, 0) is 14.3 Å². The van der Waals surface area contributed by atoms with Crippen molar-refractivity contribution in [2.45, 2.75) is 51.7 Å². The second kappa shape index (κ2) is 12.6. The first-order valence-corrected chi connectivity index (χ1v) is 13.7. The topological polar surface area (TPSA) is 35.5 Å². The molecule has 0 bridgehead atoms. The minimum absolute atomic E-state index is 0.0934. The van der Waals surface area contributed by atoms with Crippen LogP contribution in [0.4, 0.5) is 17.6 Å². The predicted molar refractivity (Wildman–Crippen MR) is 141 cm³/mol. The third-order valence-corrected chi connectivity index (χ3v) is 10.8. The van der Waals surface area contributed by atoms with E-state index in [-0.39, 0.29) is 25.0 Å². The molecule has 38 heavy (non-hydrogen) atoms.